The van der Waals surface area contributed by atoms with Crippen molar-refractivity contribution in [1.29, 1.82) is 0 Å². The normalized spacial score (nSPS) is 14.8. The quantitative estimate of drug-likeness (QED) is 0.654. The van der Waals surface area contributed by atoms with Gasteiger partial charge in [0.25, 0.3) is 0 Å². The minimum atomic E-state index is -0.610. The molecule has 21 heavy (non-hydrogen) atoms. The summed E-state index contributed by atoms with van der Waals surface area (Å²) in [5.41, 5.74) is 0.783. The van der Waals surface area contributed by atoms with Crippen molar-refractivity contribution in [2.75, 3.05) is 19.8 Å². The van der Waals surface area contributed by atoms with Crippen molar-refractivity contribution in [2.45, 2.75) is 51.7 Å². The summed E-state index contributed by atoms with van der Waals surface area (Å²) in [6, 6.07) is 7.97. The Morgan fingerprint density at radius 3 is 2.57 bits per heavy atom. The number of aliphatic hydroxyl groups is 2. The molecule has 3 N–H and O–H groups in total. The first-order valence-corrected chi connectivity index (χ1v) is 7.65. The molecule has 0 bridgehead atoms. The molecule has 0 aliphatic carbocycles. The maximum atomic E-state index is 9.99. The van der Waals surface area contributed by atoms with Crippen molar-refractivity contribution in [1.82, 2.24) is 5.32 Å². The fraction of sp³-hybridized carbons (Fsp3) is 0.647. The summed E-state index contributed by atoms with van der Waals surface area (Å²) in [6.45, 7) is 8.75. The number of nitrogens with one attached hydrogen (secondary N) is 1. The summed E-state index contributed by atoms with van der Waals surface area (Å²) in [4.78, 5) is 0. The Hall–Kier alpha value is -1.10. The molecule has 120 valence electrons. The average molecular weight is 295 g/mol. The van der Waals surface area contributed by atoms with Crippen LogP contribution < -0.4 is 10.1 Å². The van der Waals surface area contributed by atoms with Crippen molar-refractivity contribution < 1.29 is 14.9 Å². The third-order valence-corrected chi connectivity index (χ3v) is 3.71. The van der Waals surface area contributed by atoms with Crippen LogP contribution in [0.4, 0.5) is 0 Å². The van der Waals surface area contributed by atoms with Crippen LogP contribution in [0.25, 0.3) is 0 Å². The molecule has 0 amide bonds. The molecule has 4 heteroatoms. The summed E-state index contributed by atoms with van der Waals surface area (Å²) in [6.07, 6.45) is 0.440. The van der Waals surface area contributed by atoms with Gasteiger partial charge in [0.05, 0.1) is 6.61 Å². The zero-order chi connectivity index (χ0) is 15.9. The molecular formula is C17H29NO3. The molecule has 1 rings (SSSR count). The number of hydrogen-bond donors (Lipinski definition) is 3. The van der Waals surface area contributed by atoms with Crippen LogP contribution in [-0.2, 0) is 0 Å². The van der Waals surface area contributed by atoms with Crippen LogP contribution in [0.2, 0.25) is 0 Å². The highest BCUT2D eigenvalue weighted by Gasteiger charge is 2.18. The minimum Gasteiger partial charge on any atom is -0.491 e. The Labute approximate surface area is 128 Å². The highest BCUT2D eigenvalue weighted by Crippen LogP contribution is 2.28. The molecule has 4 nitrogen and oxygen atoms in total. The van der Waals surface area contributed by atoms with E-state index in [0.29, 0.717) is 12.5 Å². The predicted molar refractivity (Wildman–Crippen MR) is 85.8 cm³/mol. The number of ether oxygens (including phenoxy) is 1. The topological polar surface area (TPSA) is 61.7 Å². The van der Waals surface area contributed by atoms with Crippen molar-refractivity contribution in [2.24, 2.45) is 0 Å². The first-order chi connectivity index (χ1) is 9.89. The summed E-state index contributed by atoms with van der Waals surface area (Å²) < 4.78 is 5.77. The summed E-state index contributed by atoms with van der Waals surface area (Å²) in [5, 5.41) is 22.3. The first-order valence-electron chi connectivity index (χ1n) is 7.65. The van der Waals surface area contributed by atoms with Gasteiger partial charge >= 0.3 is 0 Å². The lowest BCUT2D eigenvalue weighted by Crippen LogP contribution is -2.47. The van der Waals surface area contributed by atoms with Gasteiger partial charge in [-0.3, -0.25) is 0 Å². The Morgan fingerprint density at radius 2 is 1.95 bits per heavy atom. The largest absolute Gasteiger partial charge is 0.491 e. The van der Waals surface area contributed by atoms with E-state index in [2.05, 4.69) is 25.2 Å². The van der Waals surface area contributed by atoms with E-state index in [0.717, 1.165) is 12.2 Å². The Morgan fingerprint density at radius 1 is 1.29 bits per heavy atom. The van der Waals surface area contributed by atoms with E-state index in [1.54, 1.807) is 0 Å². The zero-order valence-electron chi connectivity index (χ0n) is 13.6. The number of para-hydroxylation sites is 1. The van der Waals surface area contributed by atoms with E-state index in [1.807, 2.05) is 32.0 Å². The molecule has 0 unspecified atom stereocenters. The van der Waals surface area contributed by atoms with E-state index >= 15 is 0 Å². The smallest absolute Gasteiger partial charge is 0.122 e. The minimum absolute atomic E-state index is 0.0252. The maximum absolute atomic E-state index is 9.99. The molecule has 0 aromatic heterocycles. The molecule has 0 heterocycles. The lowest BCUT2D eigenvalue weighted by Gasteiger charge is -2.25. The Bertz CT molecular complexity index is 420. The zero-order valence-corrected chi connectivity index (χ0v) is 13.6. The van der Waals surface area contributed by atoms with Gasteiger partial charge in [-0.15, -0.1) is 0 Å². The van der Waals surface area contributed by atoms with Gasteiger partial charge in [-0.1, -0.05) is 32.0 Å². The van der Waals surface area contributed by atoms with Gasteiger partial charge in [-0.25, -0.2) is 0 Å². The Balaban J connectivity index is 2.52. The molecule has 0 aliphatic rings. The lowest BCUT2D eigenvalue weighted by molar-refractivity contribution is 0.0901. The number of benzene rings is 1. The fourth-order valence-corrected chi connectivity index (χ4v) is 1.93. The van der Waals surface area contributed by atoms with Gasteiger partial charge in [0.1, 0.15) is 18.5 Å². The third kappa shape index (κ3) is 6.04. The molecule has 0 saturated carbocycles. The standard InChI is InChI=1S/C17H29NO3/c1-5-13(2)15-8-6-7-9-16(15)21-11-14(20)10-18-17(3,4)12-19/h6-9,13-14,18-20H,5,10-12H2,1-4H3/t13-,14+/m0/s1. The van der Waals surface area contributed by atoms with Crippen molar-refractivity contribution in [3.05, 3.63) is 29.8 Å². The molecule has 0 aliphatic heterocycles. The second-order valence-electron chi connectivity index (χ2n) is 6.23. The molecule has 0 saturated heterocycles. The first kappa shape index (κ1) is 18.0. The van der Waals surface area contributed by atoms with Gasteiger partial charge in [0.15, 0.2) is 0 Å². The van der Waals surface area contributed by atoms with E-state index < -0.39 is 11.6 Å². The van der Waals surface area contributed by atoms with Crippen LogP contribution in [0.1, 0.15) is 45.6 Å². The van der Waals surface area contributed by atoms with Gasteiger partial charge in [-0.2, -0.15) is 0 Å². The molecule has 0 spiro atoms. The van der Waals surface area contributed by atoms with Crippen LogP contribution in [0.5, 0.6) is 5.75 Å². The third-order valence-electron chi connectivity index (χ3n) is 3.71. The summed E-state index contributed by atoms with van der Waals surface area (Å²) in [7, 11) is 0. The van der Waals surface area contributed by atoms with Gasteiger partial charge in [0, 0.05) is 12.1 Å². The van der Waals surface area contributed by atoms with Crippen LogP contribution >= 0.6 is 0 Å². The van der Waals surface area contributed by atoms with Gasteiger partial charge in [-0.05, 0) is 37.8 Å². The van der Waals surface area contributed by atoms with Crippen LogP contribution in [0.3, 0.4) is 0 Å². The number of aliphatic hydroxyl groups excluding tert-OH is 2. The van der Waals surface area contributed by atoms with Crippen molar-refractivity contribution >= 4 is 0 Å². The number of rotatable bonds is 9. The molecule has 0 radical (unpaired) electrons. The van der Waals surface area contributed by atoms with E-state index in [9.17, 15) is 5.11 Å². The van der Waals surface area contributed by atoms with E-state index in [4.69, 9.17) is 9.84 Å². The lowest BCUT2D eigenvalue weighted by atomic mass is 9.98. The molecule has 1 aromatic rings. The molecular weight excluding hydrogens is 266 g/mol. The highest BCUT2D eigenvalue weighted by molar-refractivity contribution is 5.35. The predicted octanol–water partition coefficient (Wildman–Crippen LogP) is 2.30. The summed E-state index contributed by atoms with van der Waals surface area (Å²) >= 11 is 0. The molecule has 2 atom stereocenters. The average Bonchev–Trinajstić information content (AvgIpc) is 2.50. The van der Waals surface area contributed by atoms with Crippen molar-refractivity contribution in [3.63, 3.8) is 0 Å². The van der Waals surface area contributed by atoms with Crippen LogP contribution in [0.15, 0.2) is 24.3 Å². The number of hydrogen-bond acceptors (Lipinski definition) is 4. The molecule has 1 aromatic carbocycles. The second-order valence-corrected chi connectivity index (χ2v) is 6.23. The van der Waals surface area contributed by atoms with Gasteiger partial charge < -0.3 is 20.3 Å². The maximum Gasteiger partial charge on any atom is 0.122 e. The molecule has 0 fully saturated rings. The van der Waals surface area contributed by atoms with E-state index in [1.165, 1.54) is 5.56 Å². The SMILES string of the molecule is CC[C@H](C)c1ccccc1OC[C@H](O)CNC(C)(C)CO. The van der Waals surface area contributed by atoms with Crippen molar-refractivity contribution in [3.8, 4) is 5.75 Å². The fourth-order valence-electron chi connectivity index (χ4n) is 1.93. The highest BCUT2D eigenvalue weighted by atomic mass is 16.5. The number of β-amino-alcohol motifs (C(OH)–C–C–N with tert-alkyl or cyclic N) is 1. The second kappa shape index (κ2) is 8.37. The Kier molecular flexibility index (Phi) is 7.15. The van der Waals surface area contributed by atoms with Gasteiger partial charge in [0.2, 0.25) is 0 Å². The van der Waals surface area contributed by atoms with Crippen LogP contribution in [0, 0.1) is 0 Å². The van der Waals surface area contributed by atoms with E-state index in [-0.39, 0.29) is 13.2 Å². The monoisotopic (exact) mass is 295 g/mol. The van der Waals surface area contributed by atoms with Crippen LogP contribution in [-0.4, -0.2) is 41.6 Å². The summed E-state index contributed by atoms with van der Waals surface area (Å²) in [5.74, 6) is 1.28.